The lowest BCUT2D eigenvalue weighted by Gasteiger charge is -2.34. The molecule has 3 N–H and O–H groups in total. The summed E-state index contributed by atoms with van der Waals surface area (Å²) in [5, 5.41) is 2.98. The van der Waals surface area contributed by atoms with Gasteiger partial charge in [-0.1, -0.05) is 13.8 Å². The molecule has 0 aliphatic carbocycles. The van der Waals surface area contributed by atoms with E-state index < -0.39 is 0 Å². The van der Waals surface area contributed by atoms with Crippen molar-refractivity contribution in [2.75, 3.05) is 26.8 Å². The maximum absolute atomic E-state index is 11.8. The van der Waals surface area contributed by atoms with E-state index in [1.54, 1.807) is 7.11 Å². The van der Waals surface area contributed by atoms with Gasteiger partial charge >= 0.3 is 0 Å². The van der Waals surface area contributed by atoms with Gasteiger partial charge in [-0.05, 0) is 18.8 Å². The van der Waals surface area contributed by atoms with Crippen LogP contribution < -0.4 is 11.1 Å². The third kappa shape index (κ3) is 6.39. The largest absolute Gasteiger partial charge is 0.380 e. The summed E-state index contributed by atoms with van der Waals surface area (Å²) in [6, 6.07) is 0. The van der Waals surface area contributed by atoms with Crippen molar-refractivity contribution < 1.29 is 14.3 Å². The van der Waals surface area contributed by atoms with Crippen LogP contribution in [0.5, 0.6) is 0 Å². The van der Waals surface area contributed by atoms with Crippen molar-refractivity contribution >= 4 is 18.3 Å². The van der Waals surface area contributed by atoms with Gasteiger partial charge in [-0.2, -0.15) is 0 Å². The second-order valence-electron chi connectivity index (χ2n) is 5.58. The van der Waals surface area contributed by atoms with E-state index in [4.69, 9.17) is 15.2 Å². The summed E-state index contributed by atoms with van der Waals surface area (Å²) in [4.78, 5) is 11.8. The molecule has 1 aliphatic heterocycles. The minimum Gasteiger partial charge on any atom is -0.380 e. The van der Waals surface area contributed by atoms with E-state index in [1.807, 2.05) is 0 Å². The van der Waals surface area contributed by atoms with Gasteiger partial charge in [0.2, 0.25) is 5.91 Å². The normalized spacial score (nSPS) is 24.1. The van der Waals surface area contributed by atoms with Crippen molar-refractivity contribution in [2.45, 2.75) is 45.3 Å². The summed E-state index contributed by atoms with van der Waals surface area (Å²) < 4.78 is 10.9. The summed E-state index contributed by atoms with van der Waals surface area (Å²) >= 11 is 0. The minimum absolute atomic E-state index is 0. The van der Waals surface area contributed by atoms with E-state index >= 15 is 0 Å². The Morgan fingerprint density at radius 1 is 1.50 bits per heavy atom. The van der Waals surface area contributed by atoms with E-state index in [0.29, 0.717) is 31.3 Å². The van der Waals surface area contributed by atoms with Gasteiger partial charge in [0.1, 0.15) is 0 Å². The van der Waals surface area contributed by atoms with Gasteiger partial charge in [0.05, 0.1) is 18.6 Å². The third-order valence-corrected chi connectivity index (χ3v) is 3.72. The molecule has 0 aromatic carbocycles. The van der Waals surface area contributed by atoms with Crippen LogP contribution in [-0.4, -0.2) is 44.9 Å². The maximum Gasteiger partial charge on any atom is 0.222 e. The van der Waals surface area contributed by atoms with Crippen molar-refractivity contribution in [1.29, 1.82) is 0 Å². The Morgan fingerprint density at radius 2 is 2.20 bits per heavy atom. The summed E-state index contributed by atoms with van der Waals surface area (Å²) in [5.74, 6) is 0.903. The Kier molecular flexibility index (Phi) is 10.2. The average molecular weight is 309 g/mol. The van der Waals surface area contributed by atoms with Gasteiger partial charge in [-0.15, -0.1) is 12.4 Å². The highest BCUT2D eigenvalue weighted by molar-refractivity contribution is 5.85. The molecule has 0 aromatic rings. The molecule has 1 rings (SSSR count). The Balaban J connectivity index is 0.00000361. The molecule has 120 valence electrons. The number of hydrogen-bond donors (Lipinski definition) is 2. The predicted molar refractivity (Wildman–Crippen MR) is 82.0 cm³/mol. The number of carbonyl (C=O) groups is 1. The molecule has 0 spiro atoms. The van der Waals surface area contributed by atoms with Crippen LogP contribution in [0.2, 0.25) is 0 Å². The van der Waals surface area contributed by atoms with E-state index in [0.717, 1.165) is 19.4 Å². The average Bonchev–Trinajstić information content (AvgIpc) is 2.42. The zero-order valence-corrected chi connectivity index (χ0v) is 13.6. The molecule has 1 aliphatic rings. The molecule has 1 amide bonds. The van der Waals surface area contributed by atoms with Crippen LogP contribution in [0, 0.1) is 11.8 Å². The molecule has 0 bridgehead atoms. The van der Waals surface area contributed by atoms with Crippen LogP contribution in [0.15, 0.2) is 0 Å². The number of rotatable bonds is 7. The first-order chi connectivity index (χ1) is 9.08. The standard InChI is InChI=1S/C14H28N2O3.ClH/c1-10(2)14-11(5-4-6-19-14)9-16-13(17)7-12(8-15)18-3;/h10-12,14H,4-9,15H2,1-3H3,(H,16,17);1H. The van der Waals surface area contributed by atoms with Crippen LogP contribution in [0.25, 0.3) is 0 Å². The van der Waals surface area contributed by atoms with Crippen LogP contribution in [-0.2, 0) is 14.3 Å². The van der Waals surface area contributed by atoms with Gasteiger partial charge in [0, 0.05) is 32.7 Å². The van der Waals surface area contributed by atoms with Gasteiger partial charge in [-0.25, -0.2) is 0 Å². The molecule has 3 unspecified atom stereocenters. The molecule has 20 heavy (non-hydrogen) atoms. The second kappa shape index (κ2) is 10.4. The van der Waals surface area contributed by atoms with E-state index in [1.165, 1.54) is 0 Å². The fourth-order valence-corrected chi connectivity index (χ4v) is 2.61. The summed E-state index contributed by atoms with van der Waals surface area (Å²) in [7, 11) is 1.58. The topological polar surface area (TPSA) is 73.6 Å². The molecule has 3 atom stereocenters. The summed E-state index contributed by atoms with van der Waals surface area (Å²) in [5.41, 5.74) is 5.51. The van der Waals surface area contributed by atoms with E-state index in [-0.39, 0.29) is 30.5 Å². The molecular weight excluding hydrogens is 280 g/mol. The number of halogens is 1. The molecule has 1 heterocycles. The highest BCUT2D eigenvalue weighted by atomic mass is 35.5. The summed E-state index contributed by atoms with van der Waals surface area (Å²) in [6.07, 6.45) is 2.58. The van der Waals surface area contributed by atoms with Crippen molar-refractivity contribution in [3.63, 3.8) is 0 Å². The predicted octanol–water partition coefficient (Wildman–Crippen LogP) is 1.34. The molecule has 0 saturated carbocycles. The lowest BCUT2D eigenvalue weighted by molar-refractivity contribution is -0.124. The summed E-state index contributed by atoms with van der Waals surface area (Å²) in [6.45, 7) is 6.22. The number of ether oxygens (including phenoxy) is 2. The fraction of sp³-hybridized carbons (Fsp3) is 0.929. The van der Waals surface area contributed by atoms with Crippen LogP contribution in [0.3, 0.4) is 0 Å². The fourth-order valence-electron chi connectivity index (χ4n) is 2.61. The van der Waals surface area contributed by atoms with Crippen LogP contribution in [0.1, 0.15) is 33.1 Å². The van der Waals surface area contributed by atoms with E-state index in [2.05, 4.69) is 19.2 Å². The first kappa shape index (κ1) is 19.6. The number of nitrogens with one attached hydrogen (secondary N) is 1. The van der Waals surface area contributed by atoms with Crippen molar-refractivity contribution in [3.8, 4) is 0 Å². The van der Waals surface area contributed by atoms with Crippen molar-refractivity contribution in [2.24, 2.45) is 17.6 Å². The highest BCUT2D eigenvalue weighted by Crippen LogP contribution is 2.25. The quantitative estimate of drug-likeness (QED) is 0.744. The smallest absolute Gasteiger partial charge is 0.222 e. The molecule has 0 radical (unpaired) electrons. The maximum atomic E-state index is 11.8. The first-order valence-electron chi connectivity index (χ1n) is 7.19. The minimum atomic E-state index is -0.191. The number of hydrogen-bond acceptors (Lipinski definition) is 4. The van der Waals surface area contributed by atoms with Crippen LogP contribution >= 0.6 is 12.4 Å². The Labute approximate surface area is 128 Å². The zero-order chi connectivity index (χ0) is 14.3. The van der Waals surface area contributed by atoms with Gasteiger partial charge in [0.25, 0.3) is 0 Å². The lowest BCUT2D eigenvalue weighted by Crippen LogP contribution is -2.42. The lowest BCUT2D eigenvalue weighted by atomic mass is 9.87. The molecule has 1 saturated heterocycles. The van der Waals surface area contributed by atoms with Crippen molar-refractivity contribution in [3.05, 3.63) is 0 Å². The highest BCUT2D eigenvalue weighted by Gasteiger charge is 2.28. The van der Waals surface area contributed by atoms with Crippen molar-refractivity contribution in [1.82, 2.24) is 5.32 Å². The SMILES string of the molecule is COC(CN)CC(=O)NCC1CCCOC1C(C)C.Cl. The second-order valence-corrected chi connectivity index (χ2v) is 5.58. The number of carbonyl (C=O) groups excluding carboxylic acids is 1. The Bertz CT molecular complexity index is 273. The molecule has 1 fully saturated rings. The number of nitrogens with two attached hydrogens (primary N) is 1. The monoisotopic (exact) mass is 308 g/mol. The first-order valence-corrected chi connectivity index (χ1v) is 7.19. The number of methoxy groups -OCH3 is 1. The van der Waals surface area contributed by atoms with Gasteiger partial charge < -0.3 is 20.5 Å². The number of amides is 1. The molecule has 5 nitrogen and oxygen atoms in total. The van der Waals surface area contributed by atoms with Crippen LogP contribution in [0.4, 0.5) is 0 Å². The Morgan fingerprint density at radius 3 is 2.75 bits per heavy atom. The van der Waals surface area contributed by atoms with Gasteiger partial charge in [0.15, 0.2) is 0 Å². The van der Waals surface area contributed by atoms with E-state index in [9.17, 15) is 4.79 Å². The zero-order valence-electron chi connectivity index (χ0n) is 12.8. The molecule has 6 heteroatoms. The Hall–Kier alpha value is -0.360. The molecular formula is C14H29ClN2O3. The third-order valence-electron chi connectivity index (χ3n) is 3.72. The van der Waals surface area contributed by atoms with Gasteiger partial charge in [-0.3, -0.25) is 4.79 Å². The molecule has 0 aromatic heterocycles.